The molecule has 0 radical (unpaired) electrons. The maximum Gasteiger partial charge on any atom is 0.268 e. The quantitative estimate of drug-likeness (QED) is 0.567. The number of quaternary nitrogens is 2. The van der Waals surface area contributed by atoms with Gasteiger partial charge < -0.3 is 14.9 Å². The minimum atomic E-state index is -1.81. The van der Waals surface area contributed by atoms with Crippen LogP contribution in [-0.2, 0) is 10.4 Å². The molecule has 158 valence electrons. The van der Waals surface area contributed by atoms with Crippen LogP contribution in [0.25, 0.3) is 0 Å². The largest absolute Gasteiger partial charge is 0.375 e. The molecule has 1 atom stereocenters. The number of amides is 1. The third-order valence-corrected chi connectivity index (χ3v) is 6.58. The summed E-state index contributed by atoms with van der Waals surface area (Å²) >= 11 is 0. The SMILES string of the molecule is CC[NH+]1CC[NH+](CN2C(=O)[C@](O)(CC(=O)c3ccc(C)cc3)c3ccccc32)CC1. The van der Waals surface area contributed by atoms with Crippen LogP contribution in [0, 0.1) is 6.92 Å². The molecule has 1 fully saturated rings. The number of para-hydroxylation sites is 1. The summed E-state index contributed by atoms with van der Waals surface area (Å²) in [5.74, 6) is -0.614. The molecule has 2 aromatic carbocycles. The first-order valence-electron chi connectivity index (χ1n) is 10.8. The maximum atomic E-state index is 13.4. The normalized spacial score (nSPS) is 26.0. The van der Waals surface area contributed by atoms with Gasteiger partial charge in [-0.1, -0.05) is 48.0 Å². The fraction of sp³-hybridized carbons (Fsp3) is 0.417. The number of benzene rings is 2. The van der Waals surface area contributed by atoms with Crippen molar-refractivity contribution in [1.82, 2.24) is 0 Å². The van der Waals surface area contributed by atoms with Gasteiger partial charge in [-0.15, -0.1) is 0 Å². The van der Waals surface area contributed by atoms with E-state index in [4.69, 9.17) is 0 Å². The smallest absolute Gasteiger partial charge is 0.268 e. The number of hydrogen-bond donors (Lipinski definition) is 3. The summed E-state index contributed by atoms with van der Waals surface area (Å²) in [6.07, 6.45) is -0.245. The second kappa shape index (κ2) is 8.30. The minimum absolute atomic E-state index is 0.227. The van der Waals surface area contributed by atoms with Crippen molar-refractivity contribution in [3.05, 3.63) is 65.2 Å². The molecule has 0 aliphatic carbocycles. The Hall–Kier alpha value is -2.54. The van der Waals surface area contributed by atoms with E-state index in [2.05, 4.69) is 6.92 Å². The minimum Gasteiger partial charge on any atom is -0.375 e. The fourth-order valence-electron chi connectivity index (χ4n) is 4.60. The summed E-state index contributed by atoms with van der Waals surface area (Å²) < 4.78 is 0. The summed E-state index contributed by atoms with van der Waals surface area (Å²) in [4.78, 5) is 30.9. The molecule has 6 nitrogen and oxygen atoms in total. The highest BCUT2D eigenvalue weighted by Crippen LogP contribution is 2.42. The van der Waals surface area contributed by atoms with E-state index in [9.17, 15) is 14.7 Å². The van der Waals surface area contributed by atoms with Crippen LogP contribution in [0.1, 0.15) is 34.8 Å². The second-order valence-electron chi connectivity index (χ2n) is 8.59. The Labute approximate surface area is 177 Å². The van der Waals surface area contributed by atoms with E-state index in [0.29, 0.717) is 17.8 Å². The van der Waals surface area contributed by atoms with Crippen molar-refractivity contribution < 1.29 is 24.5 Å². The van der Waals surface area contributed by atoms with Crippen LogP contribution in [0.15, 0.2) is 48.5 Å². The Balaban J connectivity index is 1.56. The molecule has 0 bridgehead atoms. The van der Waals surface area contributed by atoms with E-state index in [1.807, 2.05) is 37.3 Å². The summed E-state index contributed by atoms with van der Waals surface area (Å²) in [5, 5.41) is 11.5. The van der Waals surface area contributed by atoms with Gasteiger partial charge in [-0.3, -0.25) is 14.5 Å². The number of hydrogen-bond acceptors (Lipinski definition) is 3. The first-order chi connectivity index (χ1) is 14.4. The van der Waals surface area contributed by atoms with E-state index < -0.39 is 5.60 Å². The number of likely N-dealkylation sites (N-methyl/N-ethyl adjacent to an activating group) is 1. The first kappa shape index (κ1) is 20.7. The van der Waals surface area contributed by atoms with Crippen molar-refractivity contribution in [2.45, 2.75) is 25.9 Å². The number of ketones is 1. The Morgan fingerprint density at radius 2 is 1.67 bits per heavy atom. The molecule has 1 saturated heterocycles. The summed E-state index contributed by atoms with van der Waals surface area (Å²) in [5.41, 5.74) is 1.02. The number of anilines is 1. The van der Waals surface area contributed by atoms with Crippen molar-refractivity contribution in [3.63, 3.8) is 0 Å². The van der Waals surface area contributed by atoms with E-state index in [-0.39, 0.29) is 18.1 Å². The van der Waals surface area contributed by atoms with Gasteiger partial charge in [-0.05, 0) is 19.9 Å². The van der Waals surface area contributed by atoms with Gasteiger partial charge in [0.25, 0.3) is 5.91 Å². The Bertz CT molecular complexity index is 935. The highest BCUT2D eigenvalue weighted by Gasteiger charge is 2.51. The lowest BCUT2D eigenvalue weighted by atomic mass is 9.88. The number of piperazine rings is 1. The van der Waals surface area contributed by atoms with E-state index >= 15 is 0 Å². The number of Topliss-reactive ketones (excluding diaryl/α,β-unsaturated/α-hetero) is 1. The molecule has 0 saturated carbocycles. The molecule has 6 heteroatoms. The fourth-order valence-corrected chi connectivity index (χ4v) is 4.60. The summed E-state index contributed by atoms with van der Waals surface area (Å²) in [7, 11) is 0. The molecular weight excluding hydrogens is 378 g/mol. The molecule has 2 heterocycles. The first-order valence-corrected chi connectivity index (χ1v) is 10.8. The van der Waals surface area contributed by atoms with Crippen molar-refractivity contribution in [3.8, 4) is 0 Å². The number of fused-ring (bicyclic) bond motifs is 1. The van der Waals surface area contributed by atoms with Crippen LogP contribution < -0.4 is 14.7 Å². The van der Waals surface area contributed by atoms with Crippen LogP contribution in [0.4, 0.5) is 5.69 Å². The second-order valence-corrected chi connectivity index (χ2v) is 8.59. The number of carbonyl (C=O) groups is 2. The predicted molar refractivity (Wildman–Crippen MR) is 115 cm³/mol. The number of aliphatic hydroxyl groups is 1. The molecule has 3 N–H and O–H groups in total. The van der Waals surface area contributed by atoms with E-state index in [1.165, 1.54) is 4.90 Å². The monoisotopic (exact) mass is 409 g/mol. The maximum absolute atomic E-state index is 13.4. The predicted octanol–water partition coefficient (Wildman–Crippen LogP) is -0.437. The number of nitrogens with one attached hydrogen (secondary N) is 2. The lowest BCUT2D eigenvalue weighted by Gasteiger charge is -2.32. The van der Waals surface area contributed by atoms with Crippen LogP contribution >= 0.6 is 0 Å². The average molecular weight is 410 g/mol. The molecule has 4 rings (SSSR count). The zero-order valence-corrected chi connectivity index (χ0v) is 17.8. The Morgan fingerprint density at radius 1 is 1.03 bits per heavy atom. The van der Waals surface area contributed by atoms with Gasteiger partial charge in [-0.25, -0.2) is 0 Å². The lowest BCUT2D eigenvalue weighted by Crippen LogP contribution is -3.28. The topological polar surface area (TPSA) is 66.5 Å². The Kier molecular flexibility index (Phi) is 5.73. The van der Waals surface area contributed by atoms with Crippen LogP contribution in [0.5, 0.6) is 0 Å². The van der Waals surface area contributed by atoms with Gasteiger partial charge in [-0.2, -0.15) is 0 Å². The molecule has 2 aromatic rings. The highest BCUT2D eigenvalue weighted by atomic mass is 16.3. The molecule has 0 unspecified atom stereocenters. The molecule has 0 aromatic heterocycles. The van der Waals surface area contributed by atoms with Crippen molar-refractivity contribution in [2.24, 2.45) is 0 Å². The van der Waals surface area contributed by atoms with Crippen molar-refractivity contribution in [2.75, 3.05) is 44.3 Å². The van der Waals surface area contributed by atoms with E-state index in [1.54, 1.807) is 28.0 Å². The van der Waals surface area contributed by atoms with Crippen molar-refractivity contribution in [1.29, 1.82) is 0 Å². The molecular formula is C24H31N3O3+2. The molecule has 2 aliphatic heterocycles. The van der Waals surface area contributed by atoms with Gasteiger partial charge in [0, 0.05) is 11.1 Å². The molecule has 30 heavy (non-hydrogen) atoms. The van der Waals surface area contributed by atoms with Gasteiger partial charge in [0.2, 0.25) is 0 Å². The standard InChI is InChI=1S/C24H29N3O3/c1-3-25-12-14-26(15-13-25)17-27-21-7-5-4-6-20(21)24(30,23(27)29)16-22(28)19-10-8-18(2)9-11-19/h4-11,30H,3,12-17H2,1-2H3/p+2/t24-/m0/s1. The van der Waals surface area contributed by atoms with Crippen molar-refractivity contribution >= 4 is 17.4 Å². The van der Waals surface area contributed by atoms with Gasteiger partial charge in [0.15, 0.2) is 18.1 Å². The van der Waals surface area contributed by atoms with Gasteiger partial charge in [0.1, 0.15) is 26.2 Å². The van der Waals surface area contributed by atoms with Gasteiger partial charge >= 0.3 is 0 Å². The zero-order valence-electron chi connectivity index (χ0n) is 17.8. The average Bonchev–Trinajstić information content (AvgIpc) is 2.97. The number of carbonyl (C=O) groups excluding carboxylic acids is 2. The van der Waals surface area contributed by atoms with Crippen LogP contribution in [-0.4, -0.2) is 56.2 Å². The molecule has 0 spiro atoms. The molecule has 2 aliphatic rings. The van der Waals surface area contributed by atoms with E-state index in [0.717, 1.165) is 44.0 Å². The number of rotatable bonds is 6. The summed E-state index contributed by atoms with van der Waals surface area (Å²) in [6, 6.07) is 14.6. The van der Waals surface area contributed by atoms with Crippen LogP contribution in [0.3, 0.4) is 0 Å². The van der Waals surface area contributed by atoms with Gasteiger partial charge in [0.05, 0.1) is 18.7 Å². The molecule has 1 amide bonds. The number of aryl methyl sites for hydroxylation is 1. The van der Waals surface area contributed by atoms with Crippen LogP contribution in [0.2, 0.25) is 0 Å². The summed E-state index contributed by atoms with van der Waals surface area (Å²) in [6.45, 7) is 9.98. The highest BCUT2D eigenvalue weighted by molar-refractivity contribution is 6.10. The third kappa shape index (κ3) is 3.78. The number of nitrogens with zero attached hydrogens (tertiary/aromatic N) is 1. The third-order valence-electron chi connectivity index (χ3n) is 6.58. The Morgan fingerprint density at radius 3 is 2.33 bits per heavy atom. The lowest BCUT2D eigenvalue weighted by molar-refractivity contribution is -1.01. The zero-order chi connectivity index (χ0) is 21.3.